The third-order valence-corrected chi connectivity index (χ3v) is 6.60. The molecule has 2 N–H and O–H groups in total. The second kappa shape index (κ2) is 7.94. The maximum absolute atomic E-state index is 13.3. The molecule has 0 saturated carbocycles. The van der Waals surface area contributed by atoms with E-state index in [9.17, 15) is 23.1 Å². The highest BCUT2D eigenvalue weighted by molar-refractivity contribution is 5.63. The zero-order valence-electron chi connectivity index (χ0n) is 17.4. The Morgan fingerprint density at radius 3 is 2.66 bits per heavy atom. The first-order valence-electron chi connectivity index (χ1n) is 10.7. The molecule has 168 valence electrons. The number of aliphatic hydroxyl groups is 1. The van der Waals surface area contributed by atoms with Gasteiger partial charge in [0.15, 0.2) is 5.76 Å². The molecule has 1 aromatic carbocycles. The molecule has 2 aromatic heterocycles. The van der Waals surface area contributed by atoms with Crippen LogP contribution in [0.3, 0.4) is 0 Å². The van der Waals surface area contributed by atoms with Crippen molar-refractivity contribution >= 4 is 0 Å². The van der Waals surface area contributed by atoms with Crippen LogP contribution in [0.4, 0.5) is 13.2 Å². The molecule has 3 aromatic rings. The second-order valence-corrected chi connectivity index (χ2v) is 8.83. The first kappa shape index (κ1) is 21.0. The monoisotopic (exact) mass is 445 g/mol. The number of furan rings is 1. The van der Waals surface area contributed by atoms with Gasteiger partial charge in [-0.25, -0.2) is 0 Å². The lowest BCUT2D eigenvalue weighted by atomic mass is 9.82. The van der Waals surface area contributed by atoms with Crippen LogP contribution in [0.15, 0.2) is 57.7 Å². The Balaban J connectivity index is 1.42. The summed E-state index contributed by atoms with van der Waals surface area (Å²) in [5.74, 6) is 1.92. The number of alkyl halides is 3. The average molecular weight is 445 g/mol. The van der Waals surface area contributed by atoms with Gasteiger partial charge in [0, 0.05) is 29.6 Å². The number of nitrogens with zero attached hydrogens (tertiary/aromatic N) is 1. The number of pyridine rings is 1. The zero-order chi connectivity index (χ0) is 22.5. The number of hydrogen-bond donors (Lipinski definition) is 2. The van der Waals surface area contributed by atoms with E-state index >= 15 is 0 Å². The number of piperidine rings is 1. The smallest absolute Gasteiger partial charge is 0.416 e. The van der Waals surface area contributed by atoms with E-state index in [1.54, 1.807) is 22.8 Å². The first-order valence-corrected chi connectivity index (χ1v) is 10.7. The Bertz CT molecular complexity index is 1200. The molecule has 1 fully saturated rings. The van der Waals surface area contributed by atoms with Crippen LogP contribution in [-0.4, -0.2) is 22.8 Å². The Morgan fingerprint density at radius 1 is 1.09 bits per heavy atom. The molecule has 8 heteroatoms. The molecule has 2 aliphatic heterocycles. The Kier molecular flexibility index (Phi) is 5.22. The number of benzene rings is 1. The Morgan fingerprint density at radius 2 is 1.91 bits per heavy atom. The van der Waals surface area contributed by atoms with Crippen molar-refractivity contribution < 1.29 is 27.6 Å². The van der Waals surface area contributed by atoms with E-state index in [0.29, 0.717) is 29.3 Å². The van der Waals surface area contributed by atoms with E-state index in [1.165, 1.54) is 11.0 Å². The number of aromatic nitrogens is 1. The number of aliphatic hydroxyl groups excluding tert-OH is 1. The molecule has 32 heavy (non-hydrogen) atoms. The first-order chi connectivity index (χ1) is 15.3. The third-order valence-electron chi connectivity index (χ3n) is 6.60. The average Bonchev–Trinajstić information content (AvgIpc) is 3.21. The number of nitrogens with one attached hydrogen (secondary N) is 1. The van der Waals surface area contributed by atoms with E-state index in [4.69, 9.17) is 4.42 Å². The molecule has 0 spiro atoms. The predicted molar refractivity (Wildman–Crippen MR) is 111 cm³/mol. The van der Waals surface area contributed by atoms with Gasteiger partial charge in [-0.3, -0.25) is 4.79 Å². The summed E-state index contributed by atoms with van der Waals surface area (Å²) in [4.78, 5) is 14.6. The largest absolute Gasteiger partial charge is 0.458 e. The summed E-state index contributed by atoms with van der Waals surface area (Å²) in [6.07, 6.45) is -3.44. The molecule has 5 rings (SSSR count). The topological polar surface area (TPSA) is 59.8 Å². The minimum absolute atomic E-state index is 0.120. The van der Waals surface area contributed by atoms with Gasteiger partial charge >= 0.3 is 6.18 Å². The van der Waals surface area contributed by atoms with Crippen LogP contribution in [-0.2, 0) is 25.9 Å². The van der Waals surface area contributed by atoms with Gasteiger partial charge < -0.3 is 19.0 Å². The highest BCUT2D eigenvalue weighted by Crippen LogP contribution is 2.34. The van der Waals surface area contributed by atoms with Crippen molar-refractivity contribution in [3.63, 3.8) is 0 Å². The van der Waals surface area contributed by atoms with Gasteiger partial charge in [-0.1, -0.05) is 12.1 Å². The maximum atomic E-state index is 13.3. The molecule has 5 nitrogen and oxygen atoms in total. The van der Waals surface area contributed by atoms with Crippen LogP contribution in [0.25, 0.3) is 11.1 Å². The fraction of sp³-hybridized carbons (Fsp3) is 0.375. The summed E-state index contributed by atoms with van der Waals surface area (Å²) in [5, 5.41) is 9.19. The molecule has 0 aliphatic carbocycles. The van der Waals surface area contributed by atoms with Crippen molar-refractivity contribution in [3.8, 4) is 11.1 Å². The number of quaternary nitrogens is 1. The molecule has 0 amide bonds. The van der Waals surface area contributed by atoms with E-state index in [-0.39, 0.29) is 18.1 Å². The van der Waals surface area contributed by atoms with Crippen molar-refractivity contribution in [2.24, 2.45) is 5.92 Å². The van der Waals surface area contributed by atoms with Gasteiger partial charge in [-0.2, -0.15) is 13.2 Å². The fourth-order valence-electron chi connectivity index (χ4n) is 5.24. The zero-order valence-corrected chi connectivity index (χ0v) is 17.4. The molecule has 4 heterocycles. The highest BCUT2D eigenvalue weighted by Gasteiger charge is 2.38. The summed E-state index contributed by atoms with van der Waals surface area (Å²) in [7, 11) is 0. The highest BCUT2D eigenvalue weighted by atomic mass is 19.4. The minimum Gasteiger partial charge on any atom is -0.458 e. The fourth-order valence-corrected chi connectivity index (χ4v) is 5.24. The quantitative estimate of drug-likeness (QED) is 0.650. The Hall–Kier alpha value is -2.84. The van der Waals surface area contributed by atoms with Crippen LogP contribution in [0, 0.1) is 5.92 Å². The Labute approximate surface area is 182 Å². The van der Waals surface area contributed by atoms with Gasteiger partial charge in [0.25, 0.3) is 5.56 Å². The summed E-state index contributed by atoms with van der Waals surface area (Å²) in [6.45, 7) is 2.92. The van der Waals surface area contributed by atoms with Gasteiger partial charge in [0.05, 0.1) is 18.7 Å². The summed E-state index contributed by atoms with van der Waals surface area (Å²) >= 11 is 0. The number of rotatable bonds is 4. The normalized spacial score (nSPS) is 22.6. The summed E-state index contributed by atoms with van der Waals surface area (Å²) in [6, 6.07) is 12.2. The number of hydrogen-bond acceptors (Lipinski definition) is 3. The van der Waals surface area contributed by atoms with Crippen molar-refractivity contribution in [1.29, 1.82) is 0 Å². The molecular formula is C24H24F3N2O3+. The molecule has 3 atom stereocenters. The minimum atomic E-state index is -4.45. The number of likely N-dealkylation sites (tertiary alicyclic amines) is 1. The van der Waals surface area contributed by atoms with Gasteiger partial charge in [-0.05, 0) is 48.4 Å². The van der Waals surface area contributed by atoms with Crippen LogP contribution in [0.1, 0.15) is 35.1 Å². The van der Waals surface area contributed by atoms with Crippen LogP contribution < -0.4 is 10.5 Å². The molecular weight excluding hydrogens is 421 g/mol. The van der Waals surface area contributed by atoms with Crippen molar-refractivity contribution in [1.82, 2.24) is 4.57 Å². The van der Waals surface area contributed by atoms with Gasteiger partial charge in [0.1, 0.15) is 18.9 Å². The molecule has 1 saturated heterocycles. The summed E-state index contributed by atoms with van der Waals surface area (Å²) < 4.78 is 46.8. The second-order valence-electron chi connectivity index (χ2n) is 8.83. The van der Waals surface area contributed by atoms with Crippen LogP contribution in [0.5, 0.6) is 0 Å². The van der Waals surface area contributed by atoms with E-state index < -0.39 is 11.7 Å². The predicted octanol–water partition coefficient (Wildman–Crippen LogP) is 2.82. The maximum Gasteiger partial charge on any atom is 0.416 e. The lowest BCUT2D eigenvalue weighted by Gasteiger charge is -2.40. The van der Waals surface area contributed by atoms with Gasteiger partial charge in [0.2, 0.25) is 0 Å². The van der Waals surface area contributed by atoms with E-state index in [1.807, 2.05) is 12.1 Å². The molecule has 0 radical (unpaired) electrons. The van der Waals surface area contributed by atoms with E-state index in [2.05, 4.69) is 0 Å². The van der Waals surface area contributed by atoms with Crippen molar-refractivity contribution in [2.45, 2.75) is 38.2 Å². The third kappa shape index (κ3) is 3.89. The van der Waals surface area contributed by atoms with Crippen molar-refractivity contribution in [3.05, 3.63) is 81.7 Å². The standard InChI is InChI=1S/C24H23F3N2O3/c25-24(26,27)18-3-1-2-16(9-18)21-6-7-22-17-8-15(11-29(22)23(21)31)10-28(12-17)13-19-4-5-20(14-30)32-19/h1-7,9,15,17,30H,8,10-14H2/p+1/t15-,17+/m0/s1. The SMILES string of the molecule is O=c1c(-c2cccc(C(F)(F)F)c2)ccc2n1C[C@H]1C[C@@H]2C[NH+](Cc2ccc(CO)o2)C1. The van der Waals surface area contributed by atoms with Crippen molar-refractivity contribution in [2.75, 3.05) is 13.1 Å². The lowest BCUT2D eigenvalue weighted by Crippen LogP contribution is -3.13. The lowest BCUT2D eigenvalue weighted by molar-refractivity contribution is -0.925. The molecule has 2 bridgehead atoms. The summed E-state index contributed by atoms with van der Waals surface area (Å²) in [5.41, 5.74) is 0.570. The van der Waals surface area contributed by atoms with Crippen LogP contribution in [0.2, 0.25) is 0 Å². The van der Waals surface area contributed by atoms with E-state index in [0.717, 1.165) is 49.6 Å². The number of halogens is 3. The van der Waals surface area contributed by atoms with Gasteiger partial charge in [-0.15, -0.1) is 0 Å². The van der Waals surface area contributed by atoms with Crippen LogP contribution >= 0.6 is 0 Å². The number of fused-ring (bicyclic) bond motifs is 4. The molecule has 2 aliphatic rings. The molecule has 1 unspecified atom stereocenters.